The lowest BCUT2D eigenvalue weighted by Gasteiger charge is -1.98. The van der Waals surface area contributed by atoms with E-state index in [4.69, 9.17) is 9.68 Å². The first kappa shape index (κ1) is 10.8. The van der Waals surface area contributed by atoms with E-state index in [0.29, 0.717) is 16.7 Å². The highest BCUT2D eigenvalue weighted by Crippen LogP contribution is 2.30. The van der Waals surface area contributed by atoms with Gasteiger partial charge in [-0.15, -0.1) is 0 Å². The average molecular weight is 230 g/mol. The molecular weight excluding hydrogens is 220 g/mol. The molecule has 0 aliphatic rings. The summed E-state index contributed by atoms with van der Waals surface area (Å²) in [5.41, 5.74) is 1.56. The Morgan fingerprint density at radius 2 is 1.94 bits per heavy atom. The molecule has 0 aliphatic heterocycles. The summed E-state index contributed by atoms with van der Waals surface area (Å²) < 4.78 is 5.37. The van der Waals surface area contributed by atoms with Crippen molar-refractivity contribution in [3.05, 3.63) is 41.4 Å². The number of rotatable bonds is 2. The number of benzene rings is 1. The Balaban J connectivity index is 2.27. The minimum absolute atomic E-state index is 0.350. The van der Waals surface area contributed by atoms with Gasteiger partial charge in [-0.2, -0.15) is 5.26 Å². The molecule has 0 saturated heterocycles. The summed E-state index contributed by atoms with van der Waals surface area (Å²) in [6, 6.07) is 10.1. The zero-order chi connectivity index (χ0) is 11.5. The maximum Gasteiger partial charge on any atom is 0.203 e. The molecule has 0 N–H and O–H groups in total. The lowest BCUT2D eigenvalue weighted by atomic mass is 10.2. The van der Waals surface area contributed by atoms with Crippen molar-refractivity contribution < 1.29 is 4.42 Å². The van der Waals surface area contributed by atoms with E-state index in [1.807, 2.05) is 37.3 Å². The minimum atomic E-state index is 0.350. The van der Waals surface area contributed by atoms with Gasteiger partial charge in [0.2, 0.25) is 5.09 Å². The largest absolute Gasteiger partial charge is 0.433 e. The fourth-order valence-corrected chi connectivity index (χ4v) is 2.10. The molecule has 0 fully saturated rings. The van der Waals surface area contributed by atoms with Gasteiger partial charge in [0, 0.05) is 11.8 Å². The van der Waals surface area contributed by atoms with Crippen LogP contribution in [0.4, 0.5) is 0 Å². The predicted molar refractivity (Wildman–Crippen MR) is 61.3 cm³/mol. The number of aromatic nitrogens is 1. The molecule has 0 aliphatic carbocycles. The molecular formula is C12H10N2OS. The molecule has 1 aromatic heterocycles. The van der Waals surface area contributed by atoms with Crippen LogP contribution >= 0.6 is 11.8 Å². The summed E-state index contributed by atoms with van der Waals surface area (Å²) in [6.45, 7) is 3.77. The first-order valence-corrected chi connectivity index (χ1v) is 5.63. The van der Waals surface area contributed by atoms with Crippen LogP contribution in [0.3, 0.4) is 0 Å². The van der Waals surface area contributed by atoms with Gasteiger partial charge < -0.3 is 4.42 Å². The number of aryl methyl sites for hydroxylation is 2. The van der Waals surface area contributed by atoms with Crippen LogP contribution in [0.15, 0.2) is 38.7 Å². The second-order valence-corrected chi connectivity index (χ2v) is 4.44. The summed E-state index contributed by atoms with van der Waals surface area (Å²) in [5.74, 6) is 0.520. The normalized spacial score (nSPS) is 10.1. The molecule has 0 unspecified atom stereocenters. The Labute approximate surface area is 98.1 Å². The predicted octanol–water partition coefficient (Wildman–Crippen LogP) is 3.31. The van der Waals surface area contributed by atoms with E-state index < -0.39 is 0 Å². The summed E-state index contributed by atoms with van der Waals surface area (Å²) in [5, 5.41) is 9.43. The van der Waals surface area contributed by atoms with Crippen molar-refractivity contribution in [3.63, 3.8) is 0 Å². The van der Waals surface area contributed by atoms with Crippen LogP contribution in [0.5, 0.6) is 0 Å². The molecule has 4 heteroatoms. The van der Waals surface area contributed by atoms with Gasteiger partial charge >= 0.3 is 0 Å². The van der Waals surface area contributed by atoms with E-state index in [0.717, 1.165) is 4.90 Å². The third-order valence-electron chi connectivity index (χ3n) is 2.04. The van der Waals surface area contributed by atoms with Crippen molar-refractivity contribution in [1.82, 2.24) is 4.98 Å². The van der Waals surface area contributed by atoms with E-state index in [2.05, 4.69) is 4.98 Å². The monoisotopic (exact) mass is 230 g/mol. The number of hydrogen-bond acceptors (Lipinski definition) is 4. The van der Waals surface area contributed by atoms with Gasteiger partial charge in [0.05, 0.1) is 0 Å². The highest BCUT2D eigenvalue weighted by molar-refractivity contribution is 7.99. The van der Waals surface area contributed by atoms with Gasteiger partial charge in [-0.25, -0.2) is 4.98 Å². The third-order valence-corrected chi connectivity index (χ3v) is 3.01. The van der Waals surface area contributed by atoms with Gasteiger partial charge in [0.15, 0.2) is 11.6 Å². The molecule has 3 nitrogen and oxygen atoms in total. The van der Waals surface area contributed by atoms with E-state index in [1.54, 1.807) is 6.92 Å². The van der Waals surface area contributed by atoms with Crippen LogP contribution in [-0.2, 0) is 0 Å². The number of oxazole rings is 1. The van der Waals surface area contributed by atoms with Gasteiger partial charge in [-0.05, 0) is 30.8 Å². The second-order valence-electron chi connectivity index (χ2n) is 3.40. The van der Waals surface area contributed by atoms with Gasteiger partial charge in [0.25, 0.3) is 0 Å². The van der Waals surface area contributed by atoms with Gasteiger partial charge in [0.1, 0.15) is 6.07 Å². The van der Waals surface area contributed by atoms with Crippen LogP contribution in [-0.4, -0.2) is 4.98 Å². The Hall–Kier alpha value is -1.73. The first-order chi connectivity index (χ1) is 7.69. The summed E-state index contributed by atoms with van der Waals surface area (Å²) >= 11 is 1.42. The van der Waals surface area contributed by atoms with Crippen LogP contribution in [0.1, 0.15) is 17.1 Å². The molecule has 0 saturated carbocycles. The average Bonchev–Trinajstić information content (AvgIpc) is 2.62. The molecule has 2 rings (SSSR count). The third kappa shape index (κ3) is 2.26. The molecule has 0 atom stereocenters. The summed E-state index contributed by atoms with van der Waals surface area (Å²) in [7, 11) is 0. The molecule has 0 bridgehead atoms. The van der Waals surface area contributed by atoms with Crippen molar-refractivity contribution in [2.75, 3.05) is 0 Å². The Bertz CT molecular complexity index is 537. The topological polar surface area (TPSA) is 49.8 Å². The highest BCUT2D eigenvalue weighted by atomic mass is 32.2. The number of nitriles is 1. The molecule has 2 aromatic rings. The first-order valence-electron chi connectivity index (χ1n) is 4.81. The Kier molecular flexibility index (Phi) is 2.97. The van der Waals surface area contributed by atoms with Crippen molar-refractivity contribution in [2.45, 2.75) is 23.8 Å². The lowest BCUT2D eigenvalue weighted by Crippen LogP contribution is -1.77. The van der Waals surface area contributed by atoms with Crippen molar-refractivity contribution >= 4 is 11.8 Å². The van der Waals surface area contributed by atoms with Crippen molar-refractivity contribution in [3.8, 4) is 6.07 Å². The molecule has 0 amide bonds. The molecule has 16 heavy (non-hydrogen) atoms. The zero-order valence-electron chi connectivity index (χ0n) is 9.02. The van der Waals surface area contributed by atoms with Crippen LogP contribution in [0, 0.1) is 25.2 Å². The molecule has 1 aromatic carbocycles. The Morgan fingerprint density at radius 3 is 2.56 bits per heavy atom. The van der Waals surface area contributed by atoms with Crippen molar-refractivity contribution in [2.24, 2.45) is 0 Å². The van der Waals surface area contributed by atoms with Gasteiger partial charge in [-0.1, -0.05) is 17.7 Å². The quantitative estimate of drug-likeness (QED) is 0.794. The standard InChI is InChI=1S/C12H10N2OS/c1-8-3-5-10(6-4-8)16-12-11(7-13)14-9(2)15-12/h3-6H,1-2H3. The molecule has 80 valence electrons. The van der Waals surface area contributed by atoms with E-state index >= 15 is 0 Å². The van der Waals surface area contributed by atoms with Crippen LogP contribution in [0.25, 0.3) is 0 Å². The van der Waals surface area contributed by atoms with E-state index in [1.165, 1.54) is 17.3 Å². The number of nitrogens with zero attached hydrogens (tertiary/aromatic N) is 2. The van der Waals surface area contributed by atoms with Crippen LogP contribution in [0.2, 0.25) is 0 Å². The van der Waals surface area contributed by atoms with Gasteiger partial charge in [-0.3, -0.25) is 0 Å². The SMILES string of the molecule is Cc1ccc(Sc2oc(C)nc2C#N)cc1. The summed E-state index contributed by atoms with van der Waals surface area (Å²) in [6.07, 6.45) is 0. The smallest absolute Gasteiger partial charge is 0.203 e. The summed E-state index contributed by atoms with van der Waals surface area (Å²) in [4.78, 5) is 5.03. The second kappa shape index (κ2) is 4.42. The molecule has 1 heterocycles. The minimum Gasteiger partial charge on any atom is -0.433 e. The lowest BCUT2D eigenvalue weighted by molar-refractivity contribution is 0.441. The molecule has 0 radical (unpaired) electrons. The Morgan fingerprint density at radius 1 is 1.25 bits per heavy atom. The fourth-order valence-electron chi connectivity index (χ4n) is 1.26. The highest BCUT2D eigenvalue weighted by Gasteiger charge is 2.11. The fraction of sp³-hybridized carbons (Fsp3) is 0.167. The number of hydrogen-bond donors (Lipinski definition) is 0. The van der Waals surface area contributed by atoms with Crippen LogP contribution < -0.4 is 0 Å². The van der Waals surface area contributed by atoms with Crippen molar-refractivity contribution in [1.29, 1.82) is 5.26 Å². The maximum absolute atomic E-state index is 8.87. The van der Waals surface area contributed by atoms with E-state index in [9.17, 15) is 0 Å². The van der Waals surface area contributed by atoms with E-state index in [-0.39, 0.29) is 0 Å². The molecule has 0 spiro atoms. The zero-order valence-corrected chi connectivity index (χ0v) is 9.84. The maximum atomic E-state index is 8.87.